The third kappa shape index (κ3) is 16.8. The lowest BCUT2D eigenvalue weighted by Crippen LogP contribution is -2.49. The molecule has 0 aliphatic carbocycles. The number of methoxy groups -OCH3 is 4. The Morgan fingerprint density at radius 1 is 0.370 bits per heavy atom. The van der Waals surface area contributed by atoms with Gasteiger partial charge >= 0.3 is 0 Å². The molecule has 26 nitrogen and oxygen atoms in total. The van der Waals surface area contributed by atoms with E-state index in [4.69, 9.17) is 18.9 Å². The molecule has 14 heterocycles. The molecule has 3 aromatic carbocycles. The third-order valence-electron chi connectivity index (χ3n) is 19.9. The largest absolute Gasteiger partial charge is 0.497 e. The lowest BCUT2D eigenvalue weighted by molar-refractivity contribution is 0.355. The number of piperazine rings is 2. The third-order valence-corrected chi connectivity index (χ3v) is 19.9. The molecule has 3 N–H and O–H groups in total. The molecule has 10 aromatic heterocycles. The second-order valence-electron chi connectivity index (χ2n) is 27.3. The van der Waals surface area contributed by atoms with E-state index in [2.05, 4.69) is 85.4 Å². The summed E-state index contributed by atoms with van der Waals surface area (Å²) in [5.74, 6) is 2.73. The summed E-state index contributed by atoms with van der Waals surface area (Å²) in [4.78, 5) is 85.8. The zero-order valence-electron chi connectivity index (χ0n) is 62.0. The molecule has 17 rings (SSSR count). The minimum atomic E-state index is -0.111. The molecule has 4 saturated heterocycles. The van der Waals surface area contributed by atoms with Gasteiger partial charge in [-0.25, -0.2) is 24.9 Å². The van der Waals surface area contributed by atoms with Crippen molar-refractivity contribution in [1.82, 2.24) is 67.8 Å². The summed E-state index contributed by atoms with van der Waals surface area (Å²) in [5.41, 5.74) is 14.1. The van der Waals surface area contributed by atoms with E-state index in [0.717, 1.165) is 173 Å². The van der Waals surface area contributed by atoms with Gasteiger partial charge in [-0.2, -0.15) is 0 Å². The van der Waals surface area contributed by atoms with E-state index in [1.807, 2.05) is 170 Å². The summed E-state index contributed by atoms with van der Waals surface area (Å²) in [5, 5.41) is 10.2. The average molecular weight is 1460 g/mol. The Hall–Kier alpha value is -12.0. The zero-order valence-corrected chi connectivity index (χ0v) is 62.0. The molecule has 0 amide bonds. The van der Waals surface area contributed by atoms with Crippen LogP contribution in [0.25, 0.3) is 73.4 Å². The molecular weight excluding hydrogens is 1370 g/mol. The number of aryl methyl sites for hydroxylation is 1. The molecule has 556 valence electrons. The average Bonchev–Trinajstić information content (AvgIpc) is 0.981. The number of hydrogen-bond donors (Lipinski definition) is 3. The minimum absolute atomic E-state index is 0.0772. The molecule has 26 heteroatoms. The van der Waals surface area contributed by atoms with Gasteiger partial charge < -0.3 is 63.8 Å². The maximum Gasteiger partial charge on any atom is 0.258 e. The Balaban J connectivity index is 0.000000121. The first-order valence-corrected chi connectivity index (χ1v) is 36.6. The van der Waals surface area contributed by atoms with Crippen molar-refractivity contribution >= 4 is 51.0 Å². The highest BCUT2D eigenvalue weighted by Gasteiger charge is 2.21. The number of benzene rings is 3. The van der Waals surface area contributed by atoms with Crippen molar-refractivity contribution in [2.45, 2.75) is 32.7 Å². The number of hydrogen-bond acceptors (Lipinski definition) is 21. The first-order chi connectivity index (χ1) is 52.6. The maximum absolute atomic E-state index is 12.8. The van der Waals surface area contributed by atoms with Crippen LogP contribution in [0, 0.1) is 6.92 Å². The van der Waals surface area contributed by atoms with Gasteiger partial charge in [0.1, 0.15) is 45.4 Å². The van der Waals surface area contributed by atoms with Crippen LogP contribution in [-0.2, 0) is 0 Å². The van der Waals surface area contributed by atoms with E-state index >= 15 is 0 Å². The molecule has 4 aliphatic rings. The van der Waals surface area contributed by atoms with Gasteiger partial charge in [0.15, 0.2) is 11.5 Å². The molecule has 0 spiro atoms. The van der Waals surface area contributed by atoms with Crippen molar-refractivity contribution < 1.29 is 18.9 Å². The van der Waals surface area contributed by atoms with Gasteiger partial charge in [-0.15, -0.1) is 0 Å². The summed E-state index contributed by atoms with van der Waals surface area (Å²) >= 11 is 0. The van der Waals surface area contributed by atoms with Crippen LogP contribution in [0.3, 0.4) is 0 Å². The molecule has 108 heavy (non-hydrogen) atoms. The fraction of sp³-hybridized carbons (Fsp3) is 0.305. The van der Waals surface area contributed by atoms with Gasteiger partial charge in [0.2, 0.25) is 0 Å². The number of pyridine rings is 5. The van der Waals surface area contributed by atoms with E-state index < -0.39 is 0 Å². The normalized spacial score (nSPS) is 15.7. The molecule has 0 unspecified atom stereocenters. The summed E-state index contributed by atoms with van der Waals surface area (Å²) in [6.07, 6.45) is 13.7. The van der Waals surface area contributed by atoms with E-state index in [1.165, 1.54) is 0 Å². The first-order valence-electron chi connectivity index (χ1n) is 36.6. The summed E-state index contributed by atoms with van der Waals surface area (Å²) in [6.45, 7) is 18.8. The summed E-state index contributed by atoms with van der Waals surface area (Å²) < 4.78 is 29.6. The maximum atomic E-state index is 12.8. The minimum Gasteiger partial charge on any atom is -0.497 e. The van der Waals surface area contributed by atoms with E-state index in [-0.39, 0.29) is 22.2 Å². The highest BCUT2D eigenvalue weighted by molar-refractivity contribution is 5.69. The number of nitrogens with zero attached hydrogens (tertiary/aromatic N) is 15. The van der Waals surface area contributed by atoms with Crippen LogP contribution in [0.4, 0.5) is 22.7 Å². The zero-order chi connectivity index (χ0) is 74.8. The van der Waals surface area contributed by atoms with Crippen LogP contribution in [0.5, 0.6) is 23.0 Å². The quantitative estimate of drug-likeness (QED) is 0.104. The number of anilines is 4. The Morgan fingerprint density at radius 3 is 1.33 bits per heavy atom. The van der Waals surface area contributed by atoms with Gasteiger partial charge in [-0.3, -0.25) is 36.8 Å². The number of fused-ring (bicyclic) bond motifs is 5. The standard InChI is InChI=1S/C21H24N4O3.C21H24N4O2.C20H20N6O.C20H22N4O2/c1-14-12-24(9-8-22-14)16-5-7-20-23-17(11-21(26)25(20)13-16)15-4-6-18(27-2)19(10-15)28-3;1-23-9-4-10-24(12-11-23)17-7-8-20-22-19(14-21(26)25(20)15-17)16-5-3-6-18(13-16)27-2;1-14-2-4-18-23-17(13-25(18)11-14)16-10-20(27)26-12-15(3-5-19(26)22-16)24-8-6-21-7-9-24;1-26-17-5-2-4-15(12-17)18-13-20(25)24-14-16(6-7-19(24)22-18)23-10-3-8-21-9-11-23/h4-7,10-11,13-14,22H,8-9,12H2,1-3H3;3,5-8,13-15H,4,9-12H2,1-2H3;2-5,10-13,21H,6-9H2,1H3;2,4-7,12-14,21H,3,8-11H2,1H3/t14-;;;/m0.../s1. The number of nitrogens with one attached hydrogen (secondary N) is 3. The lowest BCUT2D eigenvalue weighted by atomic mass is 10.1. The van der Waals surface area contributed by atoms with Crippen molar-refractivity contribution in [3.05, 3.63) is 236 Å². The fourth-order valence-corrected chi connectivity index (χ4v) is 14.0. The van der Waals surface area contributed by atoms with E-state index in [9.17, 15) is 19.2 Å². The molecular formula is C82H90N18O8. The number of rotatable bonds is 12. The van der Waals surface area contributed by atoms with Crippen LogP contribution in [0.15, 0.2) is 208 Å². The monoisotopic (exact) mass is 1450 g/mol. The second kappa shape index (κ2) is 33.2. The highest BCUT2D eigenvalue weighted by Crippen LogP contribution is 2.33. The lowest BCUT2D eigenvalue weighted by Gasteiger charge is -2.33. The van der Waals surface area contributed by atoms with Gasteiger partial charge in [-0.1, -0.05) is 30.3 Å². The Bertz CT molecular complexity index is 5630. The molecule has 0 saturated carbocycles. The number of likely N-dealkylation sites (N-methyl/N-ethyl adjacent to an activating group) is 1. The summed E-state index contributed by atoms with van der Waals surface area (Å²) in [6, 6.07) is 47.2. The molecule has 1 atom stereocenters. The van der Waals surface area contributed by atoms with Crippen molar-refractivity contribution in [1.29, 1.82) is 0 Å². The predicted molar refractivity (Wildman–Crippen MR) is 426 cm³/mol. The Labute approximate surface area is 624 Å². The van der Waals surface area contributed by atoms with Crippen LogP contribution >= 0.6 is 0 Å². The fourth-order valence-electron chi connectivity index (χ4n) is 14.0. The van der Waals surface area contributed by atoms with Crippen LogP contribution in [0.2, 0.25) is 0 Å². The molecule has 0 radical (unpaired) electrons. The Kier molecular flexibility index (Phi) is 22.4. The second-order valence-corrected chi connectivity index (χ2v) is 27.3. The van der Waals surface area contributed by atoms with Crippen molar-refractivity contribution in [2.75, 3.05) is 153 Å². The molecule has 0 bridgehead atoms. The predicted octanol–water partition coefficient (Wildman–Crippen LogP) is 8.59. The molecule has 4 aliphatic heterocycles. The highest BCUT2D eigenvalue weighted by atomic mass is 16.5. The van der Waals surface area contributed by atoms with E-state index in [1.54, 1.807) is 70.3 Å². The van der Waals surface area contributed by atoms with Gasteiger partial charge in [0.25, 0.3) is 22.2 Å². The Morgan fingerprint density at radius 2 is 0.815 bits per heavy atom. The smallest absolute Gasteiger partial charge is 0.258 e. The van der Waals surface area contributed by atoms with Crippen LogP contribution in [-0.4, -0.2) is 192 Å². The van der Waals surface area contributed by atoms with Crippen LogP contribution in [0.1, 0.15) is 25.3 Å². The SMILES string of the molecule is COc1ccc(-c2cc(=O)n3cc(N4CCN[C@@H](C)C4)ccc3n2)cc1OC.COc1cccc(-c2cc(=O)n3cc(N4CCCN(C)CC4)ccc3n2)c1.COc1cccc(-c2cc(=O)n3cc(N4CCCNCC4)ccc3n2)c1.Cc1ccc2nc(-c3cc(=O)n4cc(N5CCNCC5)ccc4n3)cn2c1. The number of imidazole rings is 1. The van der Waals surface area contributed by atoms with Crippen molar-refractivity contribution in [2.24, 2.45) is 0 Å². The van der Waals surface area contributed by atoms with Crippen LogP contribution < -0.4 is 76.7 Å². The molecule has 4 fully saturated rings. The van der Waals surface area contributed by atoms with Gasteiger partial charge in [0, 0.05) is 169 Å². The number of aromatic nitrogens is 10. The van der Waals surface area contributed by atoms with Crippen molar-refractivity contribution in [3.8, 4) is 68.2 Å². The topological polar surface area (TPSA) is 244 Å². The summed E-state index contributed by atoms with van der Waals surface area (Å²) in [7, 11) is 8.59. The van der Waals surface area contributed by atoms with Gasteiger partial charge in [-0.05, 0) is 149 Å². The number of ether oxygens (including phenoxy) is 4. The van der Waals surface area contributed by atoms with E-state index in [0.29, 0.717) is 68.6 Å². The van der Waals surface area contributed by atoms with Crippen molar-refractivity contribution in [3.63, 3.8) is 0 Å². The first kappa shape index (κ1) is 73.0. The molecule has 13 aromatic rings. The van der Waals surface area contributed by atoms with Gasteiger partial charge in [0.05, 0.1) is 74.0 Å².